The van der Waals surface area contributed by atoms with E-state index in [2.05, 4.69) is 9.55 Å². The summed E-state index contributed by atoms with van der Waals surface area (Å²) in [6, 6.07) is 0.630. The summed E-state index contributed by atoms with van der Waals surface area (Å²) in [7, 11) is 0. The van der Waals surface area contributed by atoms with Gasteiger partial charge >= 0.3 is 0 Å². The highest BCUT2D eigenvalue weighted by molar-refractivity contribution is 5.09. The topological polar surface area (TPSA) is 38.1 Å². The molecule has 2 saturated carbocycles. The van der Waals surface area contributed by atoms with Gasteiger partial charge in [0.15, 0.2) is 0 Å². The van der Waals surface area contributed by atoms with Crippen LogP contribution in [0.1, 0.15) is 43.5 Å². The molecular formula is C10H14N2O. The maximum atomic E-state index is 9.95. The summed E-state index contributed by atoms with van der Waals surface area (Å²) in [5.74, 6) is 0.509. The van der Waals surface area contributed by atoms with E-state index in [9.17, 15) is 5.11 Å². The molecule has 2 aliphatic carbocycles. The van der Waals surface area contributed by atoms with E-state index in [-0.39, 0.29) is 6.10 Å². The average Bonchev–Trinajstić information content (AvgIpc) is 3.02. The summed E-state index contributed by atoms with van der Waals surface area (Å²) >= 11 is 0. The molecule has 0 spiro atoms. The lowest BCUT2D eigenvalue weighted by Gasteiger charge is -2.11. The van der Waals surface area contributed by atoms with Gasteiger partial charge in [-0.15, -0.1) is 0 Å². The fourth-order valence-corrected chi connectivity index (χ4v) is 1.86. The van der Waals surface area contributed by atoms with E-state index in [1.807, 2.05) is 12.5 Å². The van der Waals surface area contributed by atoms with Gasteiger partial charge in [0, 0.05) is 6.04 Å². The van der Waals surface area contributed by atoms with Crippen LogP contribution in [-0.2, 0) is 0 Å². The number of aliphatic hydroxyl groups excluding tert-OH is 1. The minimum atomic E-state index is -0.261. The fourth-order valence-electron chi connectivity index (χ4n) is 1.86. The molecule has 1 unspecified atom stereocenters. The number of aliphatic hydroxyl groups is 1. The molecule has 0 radical (unpaired) electrons. The van der Waals surface area contributed by atoms with Gasteiger partial charge in [0.05, 0.1) is 24.3 Å². The first kappa shape index (κ1) is 7.56. The van der Waals surface area contributed by atoms with Crippen molar-refractivity contribution in [2.45, 2.75) is 37.8 Å². The quantitative estimate of drug-likeness (QED) is 0.764. The Bertz CT molecular complexity index is 312. The first-order chi connectivity index (χ1) is 6.36. The van der Waals surface area contributed by atoms with E-state index >= 15 is 0 Å². The second kappa shape index (κ2) is 2.58. The Morgan fingerprint density at radius 2 is 2.15 bits per heavy atom. The standard InChI is InChI=1S/C10H14N2O/c13-10(7-1-2-7)9-5-11-6-12(9)8-3-4-8/h5-8,10,13H,1-4H2. The highest BCUT2D eigenvalue weighted by atomic mass is 16.3. The summed E-state index contributed by atoms with van der Waals surface area (Å²) in [6.45, 7) is 0. The Morgan fingerprint density at radius 1 is 1.38 bits per heavy atom. The third kappa shape index (κ3) is 1.27. The minimum absolute atomic E-state index is 0.261. The van der Waals surface area contributed by atoms with Crippen LogP contribution in [-0.4, -0.2) is 14.7 Å². The Kier molecular flexibility index (Phi) is 1.50. The molecule has 1 atom stereocenters. The van der Waals surface area contributed by atoms with Crippen LogP contribution in [0.4, 0.5) is 0 Å². The van der Waals surface area contributed by atoms with Gasteiger partial charge in [0.2, 0.25) is 0 Å². The number of nitrogens with zero attached hydrogens (tertiary/aromatic N) is 2. The molecule has 1 heterocycles. The van der Waals surface area contributed by atoms with Gasteiger partial charge in [-0.05, 0) is 31.6 Å². The van der Waals surface area contributed by atoms with Crippen LogP contribution in [0, 0.1) is 5.92 Å². The zero-order valence-corrected chi connectivity index (χ0v) is 7.56. The van der Waals surface area contributed by atoms with Crippen molar-refractivity contribution in [1.29, 1.82) is 0 Å². The van der Waals surface area contributed by atoms with Gasteiger partial charge in [0.1, 0.15) is 0 Å². The van der Waals surface area contributed by atoms with Gasteiger partial charge in [-0.3, -0.25) is 0 Å². The predicted octanol–water partition coefficient (Wildman–Crippen LogP) is 1.66. The molecule has 2 fully saturated rings. The van der Waals surface area contributed by atoms with Crippen molar-refractivity contribution in [1.82, 2.24) is 9.55 Å². The molecule has 3 heteroatoms. The number of aromatic nitrogens is 2. The van der Waals surface area contributed by atoms with Gasteiger partial charge in [-0.2, -0.15) is 0 Å². The second-order valence-corrected chi connectivity index (χ2v) is 4.24. The van der Waals surface area contributed by atoms with Crippen LogP contribution >= 0.6 is 0 Å². The molecule has 0 saturated heterocycles. The highest BCUT2D eigenvalue weighted by Crippen LogP contribution is 2.43. The first-order valence-corrected chi connectivity index (χ1v) is 5.06. The maximum Gasteiger partial charge on any atom is 0.0983 e. The number of rotatable bonds is 3. The van der Waals surface area contributed by atoms with Crippen molar-refractivity contribution in [3.8, 4) is 0 Å². The zero-order chi connectivity index (χ0) is 8.84. The number of imidazole rings is 1. The molecule has 1 aromatic heterocycles. The van der Waals surface area contributed by atoms with Crippen molar-refractivity contribution in [3.63, 3.8) is 0 Å². The van der Waals surface area contributed by atoms with Crippen LogP contribution in [0.25, 0.3) is 0 Å². The van der Waals surface area contributed by atoms with E-state index in [1.165, 1.54) is 25.7 Å². The van der Waals surface area contributed by atoms with Crippen molar-refractivity contribution in [2.75, 3.05) is 0 Å². The average molecular weight is 178 g/mol. The second-order valence-electron chi connectivity index (χ2n) is 4.24. The molecule has 0 bridgehead atoms. The van der Waals surface area contributed by atoms with E-state index in [0.29, 0.717) is 12.0 Å². The van der Waals surface area contributed by atoms with Crippen molar-refractivity contribution in [2.24, 2.45) is 5.92 Å². The number of hydrogen-bond acceptors (Lipinski definition) is 2. The predicted molar refractivity (Wildman–Crippen MR) is 48.2 cm³/mol. The summed E-state index contributed by atoms with van der Waals surface area (Å²) in [4.78, 5) is 4.12. The Morgan fingerprint density at radius 3 is 2.77 bits per heavy atom. The minimum Gasteiger partial charge on any atom is -0.387 e. The van der Waals surface area contributed by atoms with Crippen LogP contribution in [0.5, 0.6) is 0 Å². The summed E-state index contributed by atoms with van der Waals surface area (Å²) in [5, 5.41) is 9.95. The third-order valence-electron chi connectivity index (χ3n) is 3.01. The van der Waals surface area contributed by atoms with Crippen molar-refractivity contribution in [3.05, 3.63) is 18.2 Å². The van der Waals surface area contributed by atoms with E-state index in [1.54, 1.807) is 0 Å². The largest absolute Gasteiger partial charge is 0.387 e. The Hall–Kier alpha value is -0.830. The van der Waals surface area contributed by atoms with Gasteiger partial charge in [-0.25, -0.2) is 4.98 Å². The molecule has 2 aliphatic rings. The van der Waals surface area contributed by atoms with E-state index in [0.717, 1.165) is 5.69 Å². The molecule has 13 heavy (non-hydrogen) atoms. The monoisotopic (exact) mass is 178 g/mol. The molecule has 1 N–H and O–H groups in total. The molecule has 3 nitrogen and oxygen atoms in total. The number of hydrogen-bond donors (Lipinski definition) is 1. The van der Waals surface area contributed by atoms with E-state index in [4.69, 9.17) is 0 Å². The molecule has 0 aliphatic heterocycles. The van der Waals surface area contributed by atoms with Crippen LogP contribution in [0.15, 0.2) is 12.5 Å². The SMILES string of the molecule is OC(c1cncn1C1CC1)C1CC1. The normalized spacial score (nSPS) is 24.7. The van der Waals surface area contributed by atoms with Gasteiger partial charge in [-0.1, -0.05) is 0 Å². The van der Waals surface area contributed by atoms with Gasteiger partial charge in [0.25, 0.3) is 0 Å². The Labute approximate surface area is 77.4 Å². The molecular weight excluding hydrogens is 164 g/mol. The maximum absolute atomic E-state index is 9.95. The van der Waals surface area contributed by atoms with Crippen LogP contribution < -0.4 is 0 Å². The fraction of sp³-hybridized carbons (Fsp3) is 0.700. The van der Waals surface area contributed by atoms with Crippen LogP contribution in [0.2, 0.25) is 0 Å². The lowest BCUT2D eigenvalue weighted by atomic mass is 10.2. The lowest BCUT2D eigenvalue weighted by molar-refractivity contribution is 0.144. The van der Waals surface area contributed by atoms with E-state index < -0.39 is 0 Å². The Balaban J connectivity index is 1.88. The highest BCUT2D eigenvalue weighted by Gasteiger charge is 2.35. The third-order valence-corrected chi connectivity index (χ3v) is 3.01. The molecule has 70 valence electrons. The summed E-state index contributed by atoms with van der Waals surface area (Å²) in [6.07, 6.45) is 8.28. The van der Waals surface area contributed by atoms with Gasteiger partial charge < -0.3 is 9.67 Å². The van der Waals surface area contributed by atoms with Crippen molar-refractivity contribution >= 4 is 0 Å². The smallest absolute Gasteiger partial charge is 0.0983 e. The molecule has 0 amide bonds. The summed E-state index contributed by atoms with van der Waals surface area (Å²) in [5.41, 5.74) is 1.03. The molecule has 0 aromatic carbocycles. The van der Waals surface area contributed by atoms with Crippen LogP contribution in [0.3, 0.4) is 0 Å². The van der Waals surface area contributed by atoms with Crippen molar-refractivity contribution < 1.29 is 5.11 Å². The lowest BCUT2D eigenvalue weighted by Crippen LogP contribution is -2.07. The molecule has 1 aromatic rings. The molecule has 3 rings (SSSR count). The first-order valence-electron chi connectivity index (χ1n) is 5.06. The zero-order valence-electron chi connectivity index (χ0n) is 7.56. The summed E-state index contributed by atoms with van der Waals surface area (Å²) < 4.78 is 2.16.